The van der Waals surface area contributed by atoms with Crippen molar-refractivity contribution in [2.45, 2.75) is 39.0 Å². The third kappa shape index (κ3) is 2.66. The van der Waals surface area contributed by atoms with Crippen LogP contribution in [0.1, 0.15) is 49.3 Å². The van der Waals surface area contributed by atoms with Crippen LogP contribution in [0.25, 0.3) is 0 Å². The van der Waals surface area contributed by atoms with Crippen LogP contribution in [0.2, 0.25) is 5.02 Å². The van der Waals surface area contributed by atoms with E-state index in [0.717, 1.165) is 15.9 Å². The predicted octanol–water partition coefficient (Wildman–Crippen LogP) is 6.57. The van der Waals surface area contributed by atoms with Gasteiger partial charge in [-0.3, -0.25) is 0 Å². The van der Waals surface area contributed by atoms with E-state index in [1.165, 1.54) is 16.7 Å². The first-order chi connectivity index (χ1) is 9.95. The quantitative estimate of drug-likeness (QED) is 0.578. The molecule has 2 atom stereocenters. The van der Waals surface area contributed by atoms with E-state index < -0.39 is 0 Å². The lowest BCUT2D eigenvalue weighted by Gasteiger charge is -2.04. The molecular formula is C19H20BrCl. The molecule has 1 aliphatic carbocycles. The molecule has 0 bridgehead atoms. The van der Waals surface area contributed by atoms with Crippen molar-refractivity contribution < 1.29 is 0 Å². The predicted molar refractivity (Wildman–Crippen MR) is 94.2 cm³/mol. The molecule has 1 saturated carbocycles. The van der Waals surface area contributed by atoms with Crippen LogP contribution in [-0.4, -0.2) is 0 Å². The van der Waals surface area contributed by atoms with Gasteiger partial charge in [-0.25, -0.2) is 0 Å². The van der Waals surface area contributed by atoms with Gasteiger partial charge in [-0.15, -0.1) is 0 Å². The average molecular weight is 364 g/mol. The first-order valence-electron chi connectivity index (χ1n) is 7.49. The molecule has 3 rings (SSSR count). The van der Waals surface area contributed by atoms with Crippen LogP contribution in [0.5, 0.6) is 0 Å². The minimum atomic E-state index is 0.297. The molecule has 2 aromatic rings. The van der Waals surface area contributed by atoms with Crippen LogP contribution >= 0.6 is 27.5 Å². The molecule has 1 fully saturated rings. The lowest BCUT2D eigenvalue weighted by molar-refractivity contribution is 0.601. The summed E-state index contributed by atoms with van der Waals surface area (Å²) in [6.45, 7) is 6.90. The van der Waals surface area contributed by atoms with E-state index >= 15 is 0 Å². The fourth-order valence-electron chi connectivity index (χ4n) is 3.55. The fourth-order valence-corrected chi connectivity index (χ4v) is 3.98. The Kier molecular flexibility index (Phi) is 3.92. The average Bonchev–Trinajstić information content (AvgIpc) is 3.04. The van der Waals surface area contributed by atoms with Crippen LogP contribution in [0.4, 0.5) is 0 Å². The Hall–Kier alpha value is -0.790. The van der Waals surface area contributed by atoms with Gasteiger partial charge in [0, 0.05) is 4.47 Å². The van der Waals surface area contributed by atoms with Crippen LogP contribution in [0.3, 0.4) is 0 Å². The monoisotopic (exact) mass is 362 g/mol. The minimum Gasteiger partial charge on any atom is -0.0831 e. The van der Waals surface area contributed by atoms with E-state index in [0.29, 0.717) is 17.3 Å². The van der Waals surface area contributed by atoms with E-state index in [1.54, 1.807) is 0 Å². The van der Waals surface area contributed by atoms with Crippen molar-refractivity contribution in [3.8, 4) is 0 Å². The van der Waals surface area contributed by atoms with Gasteiger partial charge in [-0.2, -0.15) is 0 Å². The summed E-state index contributed by atoms with van der Waals surface area (Å²) in [5.74, 6) is 1.14. The molecule has 110 valence electrons. The van der Waals surface area contributed by atoms with Gasteiger partial charge in [0.15, 0.2) is 0 Å². The highest BCUT2D eigenvalue weighted by molar-refractivity contribution is 9.10. The topological polar surface area (TPSA) is 0 Å². The van der Waals surface area contributed by atoms with Crippen molar-refractivity contribution in [2.75, 3.05) is 0 Å². The first-order valence-corrected chi connectivity index (χ1v) is 8.66. The molecule has 0 amide bonds. The van der Waals surface area contributed by atoms with Gasteiger partial charge >= 0.3 is 0 Å². The number of hydrogen-bond donors (Lipinski definition) is 0. The number of aryl methyl sites for hydroxylation is 1. The normalized spacial score (nSPS) is 23.1. The smallest absolute Gasteiger partial charge is 0.0550 e. The molecule has 0 aliphatic heterocycles. The third-order valence-corrected chi connectivity index (χ3v) is 6.11. The zero-order chi connectivity index (χ0) is 15.2. The van der Waals surface area contributed by atoms with Crippen molar-refractivity contribution in [2.24, 2.45) is 5.41 Å². The number of hydrogen-bond acceptors (Lipinski definition) is 0. The molecule has 0 saturated heterocycles. The summed E-state index contributed by atoms with van der Waals surface area (Å²) in [6.07, 6.45) is 1.10. The summed E-state index contributed by atoms with van der Waals surface area (Å²) < 4.78 is 0.968. The summed E-state index contributed by atoms with van der Waals surface area (Å²) in [6, 6.07) is 15.5. The number of halogens is 2. The molecule has 0 radical (unpaired) electrons. The molecule has 2 heteroatoms. The van der Waals surface area contributed by atoms with Crippen molar-refractivity contribution in [3.05, 3.63) is 68.7 Å². The fraction of sp³-hybridized carbons (Fsp3) is 0.368. The van der Waals surface area contributed by atoms with Crippen molar-refractivity contribution in [3.63, 3.8) is 0 Å². The highest BCUT2D eigenvalue weighted by Gasteiger charge is 2.58. The molecular weight excluding hydrogens is 344 g/mol. The van der Waals surface area contributed by atoms with E-state index in [2.05, 4.69) is 79.2 Å². The Morgan fingerprint density at radius 1 is 1.00 bits per heavy atom. The molecule has 0 aromatic heterocycles. The summed E-state index contributed by atoms with van der Waals surface area (Å²) in [5.41, 5.74) is 4.49. The van der Waals surface area contributed by atoms with E-state index in [1.807, 2.05) is 0 Å². The van der Waals surface area contributed by atoms with Gasteiger partial charge < -0.3 is 0 Å². The molecule has 2 unspecified atom stereocenters. The Morgan fingerprint density at radius 3 is 2.14 bits per heavy atom. The second-order valence-corrected chi connectivity index (χ2v) is 7.81. The largest absolute Gasteiger partial charge is 0.0831 e. The van der Waals surface area contributed by atoms with Crippen LogP contribution in [0, 0.1) is 5.41 Å². The molecule has 0 spiro atoms. The molecule has 0 heterocycles. The summed E-state index contributed by atoms with van der Waals surface area (Å²) in [4.78, 5) is 0. The van der Waals surface area contributed by atoms with Gasteiger partial charge in [-0.1, -0.05) is 62.7 Å². The van der Waals surface area contributed by atoms with Crippen LogP contribution in [-0.2, 0) is 6.42 Å². The lowest BCUT2D eigenvalue weighted by atomic mass is 10.0. The number of benzene rings is 2. The van der Waals surface area contributed by atoms with E-state index in [4.69, 9.17) is 11.6 Å². The summed E-state index contributed by atoms with van der Waals surface area (Å²) >= 11 is 9.74. The summed E-state index contributed by atoms with van der Waals surface area (Å²) in [5, 5.41) is 0.801. The maximum Gasteiger partial charge on any atom is 0.0550 e. The van der Waals surface area contributed by atoms with Gasteiger partial charge in [0.25, 0.3) is 0 Å². The van der Waals surface area contributed by atoms with Gasteiger partial charge in [-0.05, 0) is 68.4 Å². The van der Waals surface area contributed by atoms with Gasteiger partial charge in [0.2, 0.25) is 0 Å². The second-order valence-electron chi connectivity index (χ2n) is 6.55. The Balaban J connectivity index is 1.91. The van der Waals surface area contributed by atoms with E-state index in [-0.39, 0.29) is 0 Å². The second kappa shape index (κ2) is 5.44. The standard InChI is InChI=1S/C19H20BrCl/c1-4-12-5-7-13(8-6-12)17-18(19(17,2)3)14-9-10-15(20)16(21)11-14/h5-11,17-18H,4H2,1-3H3. The highest BCUT2D eigenvalue weighted by atomic mass is 79.9. The minimum absolute atomic E-state index is 0.297. The van der Waals surface area contributed by atoms with Crippen molar-refractivity contribution >= 4 is 27.5 Å². The first kappa shape index (κ1) is 15.1. The molecule has 2 aromatic carbocycles. The summed E-state index contributed by atoms with van der Waals surface area (Å²) in [7, 11) is 0. The van der Waals surface area contributed by atoms with Crippen molar-refractivity contribution in [1.82, 2.24) is 0 Å². The Bertz CT molecular complexity index is 658. The zero-order valence-electron chi connectivity index (χ0n) is 12.7. The van der Waals surface area contributed by atoms with Crippen LogP contribution in [0.15, 0.2) is 46.9 Å². The maximum atomic E-state index is 6.27. The van der Waals surface area contributed by atoms with E-state index in [9.17, 15) is 0 Å². The lowest BCUT2D eigenvalue weighted by Crippen LogP contribution is -1.91. The Morgan fingerprint density at radius 2 is 1.57 bits per heavy atom. The maximum absolute atomic E-state index is 6.27. The zero-order valence-corrected chi connectivity index (χ0v) is 15.0. The molecule has 21 heavy (non-hydrogen) atoms. The van der Waals surface area contributed by atoms with Crippen LogP contribution < -0.4 is 0 Å². The third-order valence-electron chi connectivity index (χ3n) is 4.88. The van der Waals surface area contributed by atoms with Gasteiger partial charge in [0.1, 0.15) is 0 Å². The van der Waals surface area contributed by atoms with Crippen molar-refractivity contribution in [1.29, 1.82) is 0 Å². The molecule has 0 nitrogen and oxygen atoms in total. The SMILES string of the molecule is CCc1ccc(C2C(c3ccc(Br)c(Cl)c3)C2(C)C)cc1. The van der Waals surface area contributed by atoms with Gasteiger partial charge in [0.05, 0.1) is 5.02 Å². The number of rotatable bonds is 3. The molecule has 1 aliphatic rings. The molecule has 0 N–H and O–H groups in total. The Labute approximate surface area is 140 Å². The highest BCUT2D eigenvalue weighted by Crippen LogP contribution is 2.70.